The molecular weight excluding hydrogens is 354 g/mol. The van der Waals surface area contributed by atoms with Gasteiger partial charge in [0.15, 0.2) is 0 Å². The van der Waals surface area contributed by atoms with Gasteiger partial charge in [0, 0.05) is 24.3 Å². The Labute approximate surface area is 136 Å². The molecule has 0 aliphatic heterocycles. The highest BCUT2D eigenvalue weighted by Gasteiger charge is 2.19. The van der Waals surface area contributed by atoms with E-state index >= 15 is 0 Å². The third-order valence-corrected chi connectivity index (χ3v) is 5.08. The number of unbranched alkanes of at least 4 members (excludes halogenated alkanes) is 5. The van der Waals surface area contributed by atoms with E-state index in [9.17, 15) is 8.42 Å². The van der Waals surface area contributed by atoms with Crippen LogP contribution in [0.2, 0.25) is 0 Å². The van der Waals surface area contributed by atoms with E-state index in [-0.39, 0.29) is 4.90 Å². The molecule has 1 aromatic heterocycles. The van der Waals surface area contributed by atoms with Crippen LogP contribution in [0.25, 0.3) is 0 Å². The van der Waals surface area contributed by atoms with Crippen molar-refractivity contribution in [2.24, 2.45) is 0 Å². The highest BCUT2D eigenvalue weighted by atomic mass is 79.9. The molecule has 2 N–H and O–H groups in total. The minimum Gasteiger partial charge on any atom is -0.372 e. The number of rotatable bonds is 10. The van der Waals surface area contributed by atoms with Gasteiger partial charge >= 0.3 is 0 Å². The lowest BCUT2D eigenvalue weighted by Gasteiger charge is -2.10. The normalized spacial score (nSPS) is 11.6. The largest absolute Gasteiger partial charge is 0.372 e. The summed E-state index contributed by atoms with van der Waals surface area (Å²) in [5.74, 6) is 0.355. The molecule has 0 aromatic carbocycles. The zero-order valence-corrected chi connectivity index (χ0v) is 15.1. The fraction of sp³-hybridized carbons (Fsp3) is 0.643. The second kappa shape index (κ2) is 9.38. The van der Waals surface area contributed by atoms with E-state index in [1.165, 1.54) is 19.3 Å². The predicted octanol–water partition coefficient (Wildman–Crippen LogP) is 3.52. The van der Waals surface area contributed by atoms with E-state index in [1.807, 2.05) is 0 Å². The monoisotopic (exact) mass is 377 g/mol. The van der Waals surface area contributed by atoms with Crippen LogP contribution in [-0.4, -0.2) is 27.0 Å². The molecule has 0 unspecified atom stereocenters. The zero-order chi connectivity index (χ0) is 15.7. The Bertz CT molecular complexity index is 535. The van der Waals surface area contributed by atoms with E-state index in [2.05, 4.69) is 37.9 Å². The quantitative estimate of drug-likeness (QED) is 0.611. The Hall–Kier alpha value is -0.660. The third kappa shape index (κ3) is 6.32. The van der Waals surface area contributed by atoms with Crippen molar-refractivity contribution in [3.63, 3.8) is 0 Å². The first kappa shape index (κ1) is 18.4. The summed E-state index contributed by atoms with van der Waals surface area (Å²) in [6.07, 6.45) is 8.34. The van der Waals surface area contributed by atoms with Gasteiger partial charge in [0.05, 0.1) is 0 Å². The van der Waals surface area contributed by atoms with E-state index in [1.54, 1.807) is 19.3 Å². The number of anilines is 1. The van der Waals surface area contributed by atoms with Crippen LogP contribution in [0.5, 0.6) is 0 Å². The summed E-state index contributed by atoms with van der Waals surface area (Å²) in [4.78, 5) is 4.24. The molecule has 1 heterocycles. The third-order valence-electron chi connectivity index (χ3n) is 3.17. The SMILES string of the molecule is CCCCCCCCNS(=O)(=O)c1cc(Br)cnc1NC. The van der Waals surface area contributed by atoms with E-state index in [0.717, 1.165) is 19.3 Å². The molecule has 120 valence electrons. The fourth-order valence-electron chi connectivity index (χ4n) is 2.00. The number of hydrogen-bond acceptors (Lipinski definition) is 4. The van der Waals surface area contributed by atoms with Crippen LogP contribution in [0.3, 0.4) is 0 Å². The molecule has 0 bridgehead atoms. The molecule has 0 aliphatic rings. The Morgan fingerprint density at radius 2 is 1.86 bits per heavy atom. The maximum absolute atomic E-state index is 12.3. The van der Waals surface area contributed by atoms with Crippen molar-refractivity contribution in [2.45, 2.75) is 50.3 Å². The number of sulfonamides is 1. The average Bonchev–Trinajstić information content (AvgIpc) is 2.46. The van der Waals surface area contributed by atoms with Crippen LogP contribution in [0, 0.1) is 0 Å². The van der Waals surface area contributed by atoms with Crippen molar-refractivity contribution >= 4 is 31.8 Å². The van der Waals surface area contributed by atoms with Gasteiger partial charge in [0.1, 0.15) is 10.7 Å². The van der Waals surface area contributed by atoms with E-state index in [4.69, 9.17) is 0 Å². The summed E-state index contributed by atoms with van der Waals surface area (Å²) in [5.41, 5.74) is 0. The number of aromatic nitrogens is 1. The topological polar surface area (TPSA) is 71.1 Å². The minimum absolute atomic E-state index is 0.172. The summed E-state index contributed by atoms with van der Waals surface area (Å²) in [7, 11) is -1.87. The number of hydrogen-bond donors (Lipinski definition) is 2. The lowest BCUT2D eigenvalue weighted by Crippen LogP contribution is -2.25. The van der Waals surface area contributed by atoms with Gasteiger partial charge in [-0.05, 0) is 28.4 Å². The predicted molar refractivity (Wildman–Crippen MR) is 90.0 cm³/mol. The molecule has 5 nitrogen and oxygen atoms in total. The number of nitrogens with zero attached hydrogens (tertiary/aromatic N) is 1. The number of halogens is 1. The van der Waals surface area contributed by atoms with Gasteiger partial charge in [0.2, 0.25) is 10.0 Å². The van der Waals surface area contributed by atoms with Crippen LogP contribution < -0.4 is 10.0 Å². The average molecular weight is 378 g/mol. The van der Waals surface area contributed by atoms with Crippen molar-refractivity contribution in [1.82, 2.24) is 9.71 Å². The standard InChI is InChI=1S/C14H24BrN3O2S/c1-3-4-5-6-7-8-9-18-21(19,20)13-10-12(15)11-17-14(13)16-2/h10-11,18H,3-9H2,1-2H3,(H,16,17). The molecule has 1 rings (SSSR count). The summed E-state index contributed by atoms with van der Waals surface area (Å²) in [6, 6.07) is 1.56. The summed E-state index contributed by atoms with van der Waals surface area (Å²) >= 11 is 3.25. The van der Waals surface area contributed by atoms with E-state index < -0.39 is 10.0 Å². The first-order valence-electron chi connectivity index (χ1n) is 7.34. The summed E-state index contributed by atoms with van der Waals surface area (Å²) in [5, 5.41) is 2.80. The molecule has 0 saturated carbocycles. The van der Waals surface area contributed by atoms with Gasteiger partial charge in [-0.3, -0.25) is 0 Å². The maximum atomic E-state index is 12.3. The molecule has 0 spiro atoms. The summed E-state index contributed by atoms with van der Waals surface area (Å²) < 4.78 is 27.9. The lowest BCUT2D eigenvalue weighted by atomic mass is 10.1. The van der Waals surface area contributed by atoms with Crippen molar-refractivity contribution < 1.29 is 8.42 Å². The van der Waals surface area contributed by atoms with Gasteiger partial charge in [0.25, 0.3) is 0 Å². The molecule has 1 aromatic rings. The molecular formula is C14H24BrN3O2S. The van der Waals surface area contributed by atoms with Crippen LogP contribution >= 0.6 is 15.9 Å². The molecule has 0 radical (unpaired) electrons. The molecule has 0 atom stereocenters. The molecule has 0 saturated heterocycles. The molecule has 0 amide bonds. The fourth-order valence-corrected chi connectivity index (χ4v) is 3.75. The Morgan fingerprint density at radius 1 is 1.19 bits per heavy atom. The lowest BCUT2D eigenvalue weighted by molar-refractivity contribution is 0.567. The Morgan fingerprint density at radius 3 is 2.52 bits per heavy atom. The maximum Gasteiger partial charge on any atom is 0.244 e. The van der Waals surface area contributed by atoms with Crippen molar-refractivity contribution in [1.29, 1.82) is 0 Å². The minimum atomic E-state index is -3.53. The van der Waals surface area contributed by atoms with Crippen molar-refractivity contribution in [2.75, 3.05) is 18.9 Å². The van der Waals surface area contributed by atoms with Gasteiger partial charge < -0.3 is 5.32 Å². The van der Waals surface area contributed by atoms with Crippen molar-refractivity contribution in [3.05, 3.63) is 16.7 Å². The highest BCUT2D eigenvalue weighted by Crippen LogP contribution is 2.22. The molecule has 0 aliphatic carbocycles. The van der Waals surface area contributed by atoms with Crippen LogP contribution in [0.4, 0.5) is 5.82 Å². The second-order valence-electron chi connectivity index (χ2n) is 4.92. The van der Waals surface area contributed by atoms with Gasteiger partial charge in [-0.2, -0.15) is 0 Å². The van der Waals surface area contributed by atoms with Gasteiger partial charge in [-0.1, -0.05) is 39.0 Å². The van der Waals surface area contributed by atoms with Crippen LogP contribution in [0.15, 0.2) is 21.6 Å². The van der Waals surface area contributed by atoms with Gasteiger partial charge in [-0.15, -0.1) is 0 Å². The highest BCUT2D eigenvalue weighted by molar-refractivity contribution is 9.10. The Kier molecular flexibility index (Phi) is 8.21. The molecule has 0 fully saturated rings. The number of nitrogens with one attached hydrogen (secondary N) is 2. The smallest absolute Gasteiger partial charge is 0.244 e. The summed E-state index contributed by atoms with van der Waals surface area (Å²) in [6.45, 7) is 2.64. The first-order chi connectivity index (χ1) is 10.0. The molecule has 7 heteroatoms. The van der Waals surface area contributed by atoms with Crippen LogP contribution in [-0.2, 0) is 10.0 Å². The Balaban J connectivity index is 2.52. The zero-order valence-electron chi connectivity index (χ0n) is 12.7. The van der Waals surface area contributed by atoms with Gasteiger partial charge in [-0.25, -0.2) is 18.1 Å². The first-order valence-corrected chi connectivity index (χ1v) is 9.62. The van der Waals surface area contributed by atoms with E-state index in [0.29, 0.717) is 16.8 Å². The van der Waals surface area contributed by atoms with Crippen molar-refractivity contribution in [3.8, 4) is 0 Å². The van der Waals surface area contributed by atoms with Crippen LogP contribution in [0.1, 0.15) is 45.4 Å². The molecule has 21 heavy (non-hydrogen) atoms. The second-order valence-corrected chi connectivity index (χ2v) is 7.57. The number of pyridine rings is 1.